The SMILES string of the molecule is CCCCC=C[Si](Cn1ccnc1)(c1ccccc1)c1ccccc1. The Hall–Kier alpha value is -2.39. The van der Waals surface area contributed by atoms with E-state index in [1.165, 1.54) is 23.2 Å². The summed E-state index contributed by atoms with van der Waals surface area (Å²) in [6, 6.07) is 22.0. The van der Waals surface area contributed by atoms with E-state index >= 15 is 0 Å². The summed E-state index contributed by atoms with van der Waals surface area (Å²) in [4.78, 5) is 4.26. The molecule has 0 saturated carbocycles. The molecule has 0 saturated heterocycles. The molecule has 3 heteroatoms. The topological polar surface area (TPSA) is 17.8 Å². The van der Waals surface area contributed by atoms with Crippen LogP contribution in [-0.4, -0.2) is 17.6 Å². The van der Waals surface area contributed by atoms with Gasteiger partial charge < -0.3 is 4.57 Å². The molecule has 1 heterocycles. The average Bonchev–Trinajstić information content (AvgIpc) is 3.19. The maximum Gasteiger partial charge on any atom is 0.160 e. The fraction of sp³-hybridized carbons (Fsp3) is 0.227. The van der Waals surface area contributed by atoms with E-state index in [-0.39, 0.29) is 0 Å². The Bertz CT molecular complexity index is 725. The number of allylic oxidation sites excluding steroid dienone is 1. The third kappa shape index (κ3) is 4.17. The van der Waals surface area contributed by atoms with Gasteiger partial charge in [-0.25, -0.2) is 4.98 Å². The van der Waals surface area contributed by atoms with Gasteiger partial charge in [-0.1, -0.05) is 92.2 Å². The van der Waals surface area contributed by atoms with Crippen molar-refractivity contribution in [2.45, 2.75) is 32.4 Å². The highest BCUT2D eigenvalue weighted by molar-refractivity contribution is 7.05. The van der Waals surface area contributed by atoms with E-state index in [0.29, 0.717) is 0 Å². The van der Waals surface area contributed by atoms with Crippen LogP contribution < -0.4 is 10.4 Å². The minimum atomic E-state index is -2.06. The van der Waals surface area contributed by atoms with E-state index in [4.69, 9.17) is 0 Å². The molecule has 2 aromatic carbocycles. The normalized spacial score (nSPS) is 11.9. The van der Waals surface area contributed by atoms with Crippen molar-refractivity contribution in [3.8, 4) is 0 Å². The third-order valence-electron chi connectivity index (χ3n) is 4.70. The number of unbranched alkanes of at least 4 members (excludes halogenated alkanes) is 2. The molecular weight excluding hydrogens is 320 g/mol. The Balaban J connectivity index is 2.10. The van der Waals surface area contributed by atoms with Crippen molar-refractivity contribution in [3.63, 3.8) is 0 Å². The lowest BCUT2D eigenvalue weighted by atomic mass is 10.2. The Morgan fingerprint density at radius 3 is 2.12 bits per heavy atom. The van der Waals surface area contributed by atoms with Crippen molar-refractivity contribution in [3.05, 3.63) is 91.2 Å². The third-order valence-corrected chi connectivity index (χ3v) is 9.09. The highest BCUT2D eigenvalue weighted by Gasteiger charge is 2.35. The van der Waals surface area contributed by atoms with Crippen molar-refractivity contribution in [2.75, 3.05) is 0 Å². The standard InChI is InChI=1S/C22H26N2Si/c1-2-3-4-11-18-25(20-24-17-16-23-19-24,21-12-7-5-8-13-21)22-14-9-6-10-15-22/h5-19H,2-4,20H2,1H3. The summed E-state index contributed by atoms with van der Waals surface area (Å²) in [5.74, 6) is 0. The summed E-state index contributed by atoms with van der Waals surface area (Å²) in [6.45, 7) is 2.25. The monoisotopic (exact) mass is 346 g/mol. The lowest BCUT2D eigenvalue weighted by Crippen LogP contribution is -2.60. The number of imidazole rings is 1. The van der Waals surface area contributed by atoms with Gasteiger partial charge in [-0.3, -0.25) is 0 Å². The predicted molar refractivity (Wildman–Crippen MR) is 109 cm³/mol. The van der Waals surface area contributed by atoms with E-state index in [0.717, 1.165) is 12.6 Å². The number of nitrogens with zero attached hydrogens (tertiary/aromatic N) is 2. The van der Waals surface area contributed by atoms with Crippen LogP contribution in [0.15, 0.2) is 91.2 Å². The second-order valence-corrected chi connectivity index (χ2v) is 10.2. The summed E-state index contributed by atoms with van der Waals surface area (Å²) in [5, 5.41) is 2.89. The maximum atomic E-state index is 4.26. The first-order chi connectivity index (χ1) is 12.3. The van der Waals surface area contributed by atoms with Crippen molar-refractivity contribution >= 4 is 18.4 Å². The van der Waals surface area contributed by atoms with E-state index in [1.807, 2.05) is 12.5 Å². The zero-order valence-electron chi connectivity index (χ0n) is 14.9. The number of benzene rings is 2. The van der Waals surface area contributed by atoms with Gasteiger partial charge in [0.1, 0.15) is 0 Å². The van der Waals surface area contributed by atoms with Gasteiger partial charge in [0.15, 0.2) is 8.07 Å². The smallest absolute Gasteiger partial charge is 0.160 e. The first-order valence-corrected chi connectivity index (χ1v) is 11.4. The Labute approximate surface area is 151 Å². The highest BCUT2D eigenvalue weighted by atomic mass is 28.3. The van der Waals surface area contributed by atoms with Gasteiger partial charge in [0.2, 0.25) is 0 Å². The maximum absolute atomic E-state index is 4.26. The summed E-state index contributed by atoms with van der Waals surface area (Å²) in [5.41, 5.74) is 2.54. The molecule has 3 rings (SSSR count). The zero-order valence-corrected chi connectivity index (χ0v) is 15.9. The van der Waals surface area contributed by atoms with E-state index in [9.17, 15) is 0 Å². The Morgan fingerprint density at radius 1 is 0.960 bits per heavy atom. The van der Waals surface area contributed by atoms with Crippen LogP contribution in [-0.2, 0) is 6.17 Å². The van der Waals surface area contributed by atoms with Gasteiger partial charge in [-0.2, -0.15) is 0 Å². The Kier molecular flexibility index (Phi) is 6.02. The molecule has 0 aliphatic carbocycles. The van der Waals surface area contributed by atoms with Crippen LogP contribution >= 0.6 is 0 Å². The van der Waals surface area contributed by atoms with Crippen LogP contribution in [0.3, 0.4) is 0 Å². The molecule has 0 fully saturated rings. The number of hydrogen-bond donors (Lipinski definition) is 0. The van der Waals surface area contributed by atoms with E-state index in [2.05, 4.69) is 95.1 Å². The van der Waals surface area contributed by atoms with E-state index < -0.39 is 8.07 Å². The summed E-state index contributed by atoms with van der Waals surface area (Å²) >= 11 is 0. The minimum absolute atomic E-state index is 0.976. The van der Waals surface area contributed by atoms with Crippen LogP contribution in [0.1, 0.15) is 26.2 Å². The fourth-order valence-electron chi connectivity index (χ4n) is 3.34. The number of aromatic nitrogens is 2. The number of rotatable bonds is 8. The molecule has 128 valence electrons. The predicted octanol–water partition coefficient (Wildman–Crippen LogP) is 3.97. The van der Waals surface area contributed by atoms with Crippen molar-refractivity contribution in [2.24, 2.45) is 0 Å². The molecule has 0 amide bonds. The molecule has 3 aromatic rings. The fourth-order valence-corrected chi connectivity index (χ4v) is 7.44. The molecular formula is C22H26N2Si. The first kappa shape index (κ1) is 17.4. The average molecular weight is 347 g/mol. The highest BCUT2D eigenvalue weighted by Crippen LogP contribution is 2.13. The lowest BCUT2D eigenvalue weighted by molar-refractivity contribution is 0.814. The molecule has 0 aliphatic rings. The van der Waals surface area contributed by atoms with Crippen molar-refractivity contribution in [1.82, 2.24) is 9.55 Å². The van der Waals surface area contributed by atoms with Crippen molar-refractivity contribution < 1.29 is 0 Å². The molecule has 2 nitrogen and oxygen atoms in total. The molecule has 0 atom stereocenters. The molecule has 0 radical (unpaired) electrons. The second kappa shape index (κ2) is 8.63. The van der Waals surface area contributed by atoms with E-state index in [1.54, 1.807) is 0 Å². The zero-order chi connectivity index (χ0) is 17.4. The van der Waals surface area contributed by atoms with Crippen LogP contribution in [0.4, 0.5) is 0 Å². The largest absolute Gasteiger partial charge is 0.339 e. The molecule has 25 heavy (non-hydrogen) atoms. The molecule has 0 N–H and O–H groups in total. The van der Waals surface area contributed by atoms with Crippen LogP contribution in [0.25, 0.3) is 0 Å². The van der Waals surface area contributed by atoms with Crippen LogP contribution in [0.2, 0.25) is 0 Å². The molecule has 0 aliphatic heterocycles. The van der Waals surface area contributed by atoms with Crippen molar-refractivity contribution in [1.29, 1.82) is 0 Å². The van der Waals surface area contributed by atoms with Gasteiger partial charge in [-0.05, 0) is 16.8 Å². The molecule has 1 aromatic heterocycles. The molecule has 0 spiro atoms. The Morgan fingerprint density at radius 2 is 1.60 bits per heavy atom. The summed E-state index contributed by atoms with van der Waals surface area (Å²) < 4.78 is 2.23. The second-order valence-electron chi connectivity index (χ2n) is 6.48. The number of hydrogen-bond acceptors (Lipinski definition) is 1. The van der Waals surface area contributed by atoms with Gasteiger partial charge in [0, 0.05) is 18.6 Å². The first-order valence-electron chi connectivity index (χ1n) is 9.09. The molecule has 0 bridgehead atoms. The van der Waals surface area contributed by atoms with Gasteiger partial charge >= 0.3 is 0 Å². The van der Waals surface area contributed by atoms with Gasteiger partial charge in [0.05, 0.1) is 6.33 Å². The minimum Gasteiger partial charge on any atom is -0.339 e. The molecule has 0 unspecified atom stereocenters. The quantitative estimate of drug-likeness (QED) is 0.446. The lowest BCUT2D eigenvalue weighted by Gasteiger charge is -2.30. The summed E-state index contributed by atoms with van der Waals surface area (Å²) in [7, 11) is -2.06. The van der Waals surface area contributed by atoms with Gasteiger partial charge in [-0.15, -0.1) is 0 Å². The van der Waals surface area contributed by atoms with Gasteiger partial charge in [0.25, 0.3) is 0 Å². The van der Waals surface area contributed by atoms with Crippen LogP contribution in [0.5, 0.6) is 0 Å². The van der Waals surface area contributed by atoms with Crippen LogP contribution in [0, 0.1) is 0 Å². The summed E-state index contributed by atoms with van der Waals surface area (Å²) in [6.07, 6.45) is 12.9.